The molecule has 0 heterocycles. The fourth-order valence-electron chi connectivity index (χ4n) is 2.74. The van der Waals surface area contributed by atoms with Crippen LogP contribution in [0, 0.1) is 23.2 Å². The molecule has 0 N–H and O–H groups in total. The normalized spacial score (nSPS) is 59.7. The molecule has 0 unspecified atom stereocenters. The molecule has 0 spiro atoms. The summed E-state index contributed by atoms with van der Waals surface area (Å²) >= 11 is 0. The number of fused-ring (bicyclic) bond motifs is 1. The van der Waals surface area contributed by atoms with Crippen LogP contribution in [0.1, 0.15) is 40.0 Å². The summed E-state index contributed by atoms with van der Waals surface area (Å²) in [4.78, 5) is 0. The molecule has 0 amide bonds. The van der Waals surface area contributed by atoms with Crippen molar-refractivity contribution in [1.29, 1.82) is 0 Å². The van der Waals surface area contributed by atoms with E-state index in [0.29, 0.717) is 0 Å². The second-order valence-electron chi connectivity index (χ2n) is 4.95. The molecular weight excluding hydrogens is 120 g/mol. The molecule has 2 saturated carbocycles. The Kier molecular flexibility index (Phi) is 1.19. The van der Waals surface area contributed by atoms with E-state index >= 15 is 0 Å². The van der Waals surface area contributed by atoms with E-state index in [1.807, 2.05) is 0 Å². The zero-order valence-corrected chi connectivity index (χ0v) is 7.35. The summed E-state index contributed by atoms with van der Waals surface area (Å²) in [5.41, 5.74) is 0.798. The van der Waals surface area contributed by atoms with Gasteiger partial charge in [-0.05, 0) is 42.4 Å². The van der Waals surface area contributed by atoms with Crippen LogP contribution in [0.4, 0.5) is 0 Å². The van der Waals surface area contributed by atoms with Crippen LogP contribution in [0.5, 0.6) is 0 Å². The topological polar surface area (TPSA) is 0 Å². The highest BCUT2D eigenvalue weighted by Crippen LogP contribution is 2.63. The molecule has 0 radical (unpaired) electrons. The van der Waals surface area contributed by atoms with Gasteiger partial charge in [0.2, 0.25) is 0 Å². The van der Waals surface area contributed by atoms with Crippen LogP contribution in [0.25, 0.3) is 0 Å². The molecule has 2 aliphatic rings. The lowest BCUT2D eigenvalue weighted by Crippen LogP contribution is -2.20. The van der Waals surface area contributed by atoms with E-state index in [9.17, 15) is 0 Å². The Hall–Kier alpha value is 0. The van der Waals surface area contributed by atoms with Crippen LogP contribution in [0.3, 0.4) is 0 Å². The first kappa shape index (κ1) is 6.69. The summed E-state index contributed by atoms with van der Waals surface area (Å²) in [7, 11) is 0. The van der Waals surface area contributed by atoms with Gasteiger partial charge in [0, 0.05) is 0 Å². The third kappa shape index (κ3) is 0.810. The maximum Gasteiger partial charge on any atom is -0.0292 e. The van der Waals surface area contributed by atoms with E-state index in [0.717, 1.165) is 23.2 Å². The van der Waals surface area contributed by atoms with Crippen LogP contribution in [-0.4, -0.2) is 0 Å². The highest BCUT2D eigenvalue weighted by molar-refractivity contribution is 5.03. The van der Waals surface area contributed by atoms with Crippen LogP contribution >= 0.6 is 0 Å². The zero-order valence-electron chi connectivity index (χ0n) is 7.35. The van der Waals surface area contributed by atoms with E-state index in [1.54, 1.807) is 0 Å². The lowest BCUT2D eigenvalue weighted by Gasteiger charge is -2.29. The summed E-state index contributed by atoms with van der Waals surface area (Å²) in [5.74, 6) is 3.10. The lowest BCUT2D eigenvalue weighted by atomic mass is 9.76. The summed E-state index contributed by atoms with van der Waals surface area (Å²) in [6.07, 6.45) is 4.54. The maximum atomic E-state index is 2.47. The Labute approximate surface area is 64.0 Å². The van der Waals surface area contributed by atoms with Gasteiger partial charge in [0.1, 0.15) is 0 Å². The molecule has 58 valence electrons. The van der Waals surface area contributed by atoms with Crippen molar-refractivity contribution in [2.75, 3.05) is 0 Å². The molecule has 0 bridgehead atoms. The van der Waals surface area contributed by atoms with Gasteiger partial charge in [-0.15, -0.1) is 0 Å². The SMILES string of the molecule is C[C@@H]1C[C@@H]2C[C@@]2(C)C[C@@H]1C. The number of hydrogen-bond acceptors (Lipinski definition) is 0. The maximum absolute atomic E-state index is 2.47. The summed E-state index contributed by atoms with van der Waals surface area (Å²) in [6.45, 7) is 7.31. The van der Waals surface area contributed by atoms with Crippen LogP contribution in [0.15, 0.2) is 0 Å². The first-order valence-corrected chi connectivity index (χ1v) is 4.62. The molecule has 0 aliphatic heterocycles. The molecular formula is C10H18. The predicted molar refractivity (Wildman–Crippen MR) is 43.8 cm³/mol. The van der Waals surface area contributed by atoms with E-state index in [1.165, 1.54) is 19.3 Å². The Bertz CT molecular complexity index is 150. The highest BCUT2D eigenvalue weighted by atomic mass is 14.6. The minimum atomic E-state index is 0.798. The molecule has 2 aliphatic carbocycles. The monoisotopic (exact) mass is 138 g/mol. The van der Waals surface area contributed by atoms with Crippen LogP contribution in [-0.2, 0) is 0 Å². The van der Waals surface area contributed by atoms with E-state index in [4.69, 9.17) is 0 Å². The largest absolute Gasteiger partial charge is 0.0622 e. The average Bonchev–Trinajstić information content (AvgIpc) is 2.41. The quantitative estimate of drug-likeness (QED) is 0.482. The van der Waals surface area contributed by atoms with Gasteiger partial charge in [0.15, 0.2) is 0 Å². The molecule has 10 heavy (non-hydrogen) atoms. The molecule has 4 atom stereocenters. The number of rotatable bonds is 0. The van der Waals surface area contributed by atoms with Crippen molar-refractivity contribution in [2.24, 2.45) is 23.2 Å². The fraction of sp³-hybridized carbons (Fsp3) is 1.00. The minimum Gasteiger partial charge on any atom is -0.0622 e. The highest BCUT2D eigenvalue weighted by Gasteiger charge is 2.53. The van der Waals surface area contributed by atoms with Crippen molar-refractivity contribution in [3.63, 3.8) is 0 Å². The van der Waals surface area contributed by atoms with Gasteiger partial charge >= 0.3 is 0 Å². The first-order valence-electron chi connectivity index (χ1n) is 4.62. The zero-order chi connectivity index (χ0) is 7.35. The minimum absolute atomic E-state index is 0.798. The van der Waals surface area contributed by atoms with E-state index in [-0.39, 0.29) is 0 Å². The summed E-state index contributed by atoms with van der Waals surface area (Å²) in [5, 5.41) is 0. The third-order valence-electron chi connectivity index (χ3n) is 3.95. The molecule has 0 saturated heterocycles. The molecule has 0 aromatic heterocycles. The fourth-order valence-corrected chi connectivity index (χ4v) is 2.74. The Morgan fingerprint density at radius 1 is 1.10 bits per heavy atom. The van der Waals surface area contributed by atoms with Gasteiger partial charge in [-0.2, -0.15) is 0 Å². The molecule has 0 heteroatoms. The van der Waals surface area contributed by atoms with Gasteiger partial charge in [-0.25, -0.2) is 0 Å². The second-order valence-corrected chi connectivity index (χ2v) is 4.95. The molecule has 2 rings (SSSR count). The summed E-state index contributed by atoms with van der Waals surface area (Å²) in [6, 6.07) is 0. The Morgan fingerprint density at radius 2 is 1.80 bits per heavy atom. The van der Waals surface area contributed by atoms with Crippen LogP contribution < -0.4 is 0 Å². The van der Waals surface area contributed by atoms with Gasteiger partial charge in [0.25, 0.3) is 0 Å². The summed E-state index contributed by atoms with van der Waals surface area (Å²) < 4.78 is 0. The Balaban J connectivity index is 2.05. The van der Waals surface area contributed by atoms with Crippen LogP contribution in [0.2, 0.25) is 0 Å². The van der Waals surface area contributed by atoms with Crippen molar-refractivity contribution in [2.45, 2.75) is 40.0 Å². The van der Waals surface area contributed by atoms with Gasteiger partial charge in [0.05, 0.1) is 0 Å². The Morgan fingerprint density at radius 3 is 2.40 bits per heavy atom. The molecule has 0 nitrogen and oxygen atoms in total. The van der Waals surface area contributed by atoms with E-state index in [2.05, 4.69) is 20.8 Å². The van der Waals surface area contributed by atoms with Crippen molar-refractivity contribution in [3.05, 3.63) is 0 Å². The number of hydrogen-bond donors (Lipinski definition) is 0. The molecule has 0 aromatic rings. The van der Waals surface area contributed by atoms with Gasteiger partial charge in [-0.3, -0.25) is 0 Å². The predicted octanol–water partition coefficient (Wildman–Crippen LogP) is 3.08. The first-order chi connectivity index (χ1) is 4.62. The molecule has 0 aromatic carbocycles. The van der Waals surface area contributed by atoms with Crippen molar-refractivity contribution < 1.29 is 0 Å². The molecule has 2 fully saturated rings. The van der Waals surface area contributed by atoms with Gasteiger partial charge < -0.3 is 0 Å². The smallest absolute Gasteiger partial charge is 0.0292 e. The third-order valence-corrected chi connectivity index (χ3v) is 3.95. The lowest BCUT2D eigenvalue weighted by molar-refractivity contribution is 0.211. The average molecular weight is 138 g/mol. The van der Waals surface area contributed by atoms with Gasteiger partial charge in [-0.1, -0.05) is 20.8 Å². The van der Waals surface area contributed by atoms with Crippen molar-refractivity contribution >= 4 is 0 Å². The van der Waals surface area contributed by atoms with Crippen molar-refractivity contribution in [3.8, 4) is 0 Å². The second kappa shape index (κ2) is 1.78. The van der Waals surface area contributed by atoms with Crippen molar-refractivity contribution in [1.82, 2.24) is 0 Å². The van der Waals surface area contributed by atoms with E-state index < -0.39 is 0 Å². The standard InChI is InChI=1S/C10H18/c1-7-4-9-6-10(9,3)5-8(7)2/h7-9H,4-6H2,1-3H3/t7-,8+,9-,10-/m1/s1.